The van der Waals surface area contributed by atoms with Gasteiger partial charge in [-0.05, 0) is 28.5 Å². The van der Waals surface area contributed by atoms with Gasteiger partial charge in [-0.1, -0.05) is 30.3 Å². The maximum absolute atomic E-state index is 12.4. The molecule has 0 spiro atoms. The molecule has 0 saturated carbocycles. The summed E-state index contributed by atoms with van der Waals surface area (Å²) in [6, 6.07) is 13.1. The number of cyclic esters (lactones) is 1. The van der Waals surface area contributed by atoms with E-state index >= 15 is 0 Å². The van der Waals surface area contributed by atoms with Crippen LogP contribution in [-0.2, 0) is 11.3 Å². The predicted octanol–water partition coefficient (Wildman–Crippen LogP) is 3.72. The number of hydrogen-bond donors (Lipinski definition) is 0. The summed E-state index contributed by atoms with van der Waals surface area (Å²) in [5, 5.41) is 1.64. The minimum atomic E-state index is -0.406. The summed E-state index contributed by atoms with van der Waals surface area (Å²) in [6.07, 6.45) is 0.798. The average molecular weight is 332 g/mol. The van der Waals surface area contributed by atoms with Gasteiger partial charge in [-0.25, -0.2) is 4.79 Å². The van der Waals surface area contributed by atoms with Crippen molar-refractivity contribution in [3.63, 3.8) is 0 Å². The fourth-order valence-corrected chi connectivity index (χ4v) is 3.59. The van der Waals surface area contributed by atoms with Gasteiger partial charge in [0.05, 0.1) is 5.56 Å². The molecule has 2 heterocycles. The van der Waals surface area contributed by atoms with Crippen molar-refractivity contribution in [3.8, 4) is 22.6 Å². The second-order valence-electron chi connectivity index (χ2n) is 5.95. The molecule has 5 rings (SSSR count). The number of rotatable bonds is 2. The van der Waals surface area contributed by atoms with Crippen molar-refractivity contribution in [2.45, 2.75) is 6.61 Å². The number of aldehydes is 1. The minimum absolute atomic E-state index is 0.116. The highest BCUT2D eigenvalue weighted by atomic mass is 16.7. The van der Waals surface area contributed by atoms with Crippen LogP contribution in [0.5, 0.6) is 11.5 Å². The number of hydrogen-bond acceptors (Lipinski definition) is 5. The van der Waals surface area contributed by atoms with Crippen LogP contribution >= 0.6 is 0 Å². The Morgan fingerprint density at radius 3 is 2.52 bits per heavy atom. The molecule has 0 saturated heterocycles. The van der Waals surface area contributed by atoms with Crippen LogP contribution < -0.4 is 9.47 Å². The van der Waals surface area contributed by atoms with E-state index in [9.17, 15) is 9.59 Å². The first kappa shape index (κ1) is 14.0. The fraction of sp³-hybridized carbons (Fsp3) is 0.100. The van der Waals surface area contributed by atoms with Gasteiger partial charge < -0.3 is 14.2 Å². The number of carbonyl (C=O) groups excluding carboxylic acids is 2. The third-order valence-corrected chi connectivity index (χ3v) is 4.69. The van der Waals surface area contributed by atoms with Crippen LogP contribution in [0.1, 0.15) is 26.3 Å². The second kappa shape index (κ2) is 5.08. The molecule has 0 unspecified atom stereocenters. The van der Waals surface area contributed by atoms with Crippen molar-refractivity contribution >= 4 is 23.0 Å². The summed E-state index contributed by atoms with van der Waals surface area (Å²) >= 11 is 0. The number of carbonyl (C=O) groups is 2. The Balaban J connectivity index is 1.91. The van der Waals surface area contributed by atoms with E-state index in [2.05, 4.69) is 0 Å². The molecule has 0 aliphatic carbocycles. The normalized spacial score (nSPS) is 14.5. The van der Waals surface area contributed by atoms with E-state index in [4.69, 9.17) is 14.2 Å². The number of benzene rings is 3. The third-order valence-electron chi connectivity index (χ3n) is 4.69. The van der Waals surface area contributed by atoms with Crippen LogP contribution in [0.2, 0.25) is 0 Å². The van der Waals surface area contributed by atoms with Crippen LogP contribution in [0, 0.1) is 0 Å². The zero-order valence-electron chi connectivity index (χ0n) is 13.1. The highest BCUT2D eigenvalue weighted by Gasteiger charge is 2.31. The summed E-state index contributed by atoms with van der Waals surface area (Å²) in [6.45, 7) is 0.300. The average Bonchev–Trinajstić information content (AvgIpc) is 3.26. The molecule has 0 atom stereocenters. The molecule has 2 aliphatic heterocycles. The van der Waals surface area contributed by atoms with Gasteiger partial charge >= 0.3 is 5.97 Å². The molecule has 5 heteroatoms. The molecular weight excluding hydrogens is 320 g/mol. The maximum Gasteiger partial charge on any atom is 0.339 e. The van der Waals surface area contributed by atoms with Crippen molar-refractivity contribution in [1.82, 2.24) is 0 Å². The SMILES string of the molecule is O=Cc1c2c(c(-c3ccc4c(c3)OCO4)c3ccccc13)C(=O)OC2. The fourth-order valence-electron chi connectivity index (χ4n) is 3.59. The first-order valence-corrected chi connectivity index (χ1v) is 7.88. The van der Waals surface area contributed by atoms with Gasteiger partial charge in [0, 0.05) is 16.7 Å². The van der Waals surface area contributed by atoms with E-state index in [1.807, 2.05) is 42.5 Å². The Hall–Kier alpha value is -3.34. The highest BCUT2D eigenvalue weighted by molar-refractivity contribution is 6.15. The number of ether oxygens (including phenoxy) is 3. The summed E-state index contributed by atoms with van der Waals surface area (Å²) in [7, 11) is 0. The minimum Gasteiger partial charge on any atom is -0.457 e. The number of esters is 1. The van der Waals surface area contributed by atoms with Crippen molar-refractivity contribution in [2.75, 3.05) is 6.79 Å². The van der Waals surface area contributed by atoms with Gasteiger partial charge in [0.25, 0.3) is 0 Å². The second-order valence-corrected chi connectivity index (χ2v) is 5.95. The Kier molecular flexibility index (Phi) is 2.85. The van der Waals surface area contributed by atoms with Crippen molar-refractivity contribution in [2.24, 2.45) is 0 Å². The van der Waals surface area contributed by atoms with Crippen LogP contribution in [0.25, 0.3) is 21.9 Å². The molecule has 0 amide bonds. The Morgan fingerprint density at radius 1 is 0.880 bits per heavy atom. The molecule has 0 bridgehead atoms. The van der Waals surface area contributed by atoms with Crippen LogP contribution in [0.4, 0.5) is 0 Å². The first-order chi connectivity index (χ1) is 12.3. The van der Waals surface area contributed by atoms with Crippen molar-refractivity contribution in [3.05, 3.63) is 59.2 Å². The molecule has 5 nitrogen and oxygen atoms in total. The van der Waals surface area contributed by atoms with E-state index < -0.39 is 5.97 Å². The molecule has 0 N–H and O–H groups in total. The van der Waals surface area contributed by atoms with Gasteiger partial charge in [0.15, 0.2) is 17.8 Å². The van der Waals surface area contributed by atoms with Crippen LogP contribution in [0.15, 0.2) is 42.5 Å². The number of fused-ring (bicyclic) bond motifs is 3. The Morgan fingerprint density at radius 2 is 1.68 bits per heavy atom. The van der Waals surface area contributed by atoms with Gasteiger partial charge in [-0.2, -0.15) is 0 Å². The monoisotopic (exact) mass is 332 g/mol. The molecular formula is C20H12O5. The van der Waals surface area contributed by atoms with Gasteiger partial charge in [-0.3, -0.25) is 4.79 Å². The van der Waals surface area contributed by atoms with Crippen LogP contribution in [0.3, 0.4) is 0 Å². The topological polar surface area (TPSA) is 61.8 Å². The summed E-state index contributed by atoms with van der Waals surface area (Å²) in [5.74, 6) is 0.912. The molecule has 122 valence electrons. The molecule has 0 radical (unpaired) electrons. The van der Waals surface area contributed by atoms with Gasteiger partial charge in [0.1, 0.15) is 6.61 Å². The predicted molar refractivity (Wildman–Crippen MR) is 90.0 cm³/mol. The van der Waals surface area contributed by atoms with Crippen molar-refractivity contribution in [1.29, 1.82) is 0 Å². The molecule has 2 aliphatic rings. The lowest BCUT2D eigenvalue weighted by Gasteiger charge is -2.14. The van der Waals surface area contributed by atoms with Gasteiger partial charge in [-0.15, -0.1) is 0 Å². The molecule has 0 aromatic heterocycles. The van der Waals surface area contributed by atoms with E-state index in [-0.39, 0.29) is 13.4 Å². The highest BCUT2D eigenvalue weighted by Crippen LogP contribution is 2.43. The zero-order chi connectivity index (χ0) is 17.0. The molecule has 3 aromatic carbocycles. The molecule has 3 aromatic rings. The van der Waals surface area contributed by atoms with Crippen molar-refractivity contribution < 1.29 is 23.8 Å². The Bertz CT molecular complexity index is 1070. The quantitative estimate of drug-likeness (QED) is 0.529. The zero-order valence-corrected chi connectivity index (χ0v) is 13.1. The summed E-state index contributed by atoms with van der Waals surface area (Å²) in [4.78, 5) is 24.1. The summed E-state index contributed by atoms with van der Waals surface area (Å²) < 4.78 is 16.1. The van der Waals surface area contributed by atoms with E-state index in [0.717, 1.165) is 28.2 Å². The standard InChI is InChI=1S/C20H12O5/c21-8-14-12-3-1-2-4-13(12)18(19-15(14)9-23-20(19)22)11-5-6-16-17(7-11)25-10-24-16/h1-8H,9-10H2. The van der Waals surface area contributed by atoms with Crippen LogP contribution in [-0.4, -0.2) is 19.0 Å². The maximum atomic E-state index is 12.4. The molecule has 25 heavy (non-hydrogen) atoms. The molecule has 0 fully saturated rings. The largest absolute Gasteiger partial charge is 0.457 e. The lowest BCUT2D eigenvalue weighted by atomic mass is 9.87. The van der Waals surface area contributed by atoms with E-state index in [0.29, 0.717) is 28.2 Å². The lowest BCUT2D eigenvalue weighted by Crippen LogP contribution is -2.02. The first-order valence-electron chi connectivity index (χ1n) is 7.88. The smallest absolute Gasteiger partial charge is 0.339 e. The van der Waals surface area contributed by atoms with Gasteiger partial charge in [0.2, 0.25) is 6.79 Å². The third kappa shape index (κ3) is 1.89. The lowest BCUT2D eigenvalue weighted by molar-refractivity contribution is 0.0535. The van der Waals surface area contributed by atoms with E-state index in [1.54, 1.807) is 0 Å². The van der Waals surface area contributed by atoms with E-state index in [1.165, 1.54) is 0 Å². The summed E-state index contributed by atoms with van der Waals surface area (Å²) in [5.41, 5.74) is 3.21. The Labute approximate surface area is 142 Å².